The first kappa shape index (κ1) is 20.1. The number of primary amides is 1. The number of aromatic nitrogens is 3. The van der Waals surface area contributed by atoms with E-state index in [4.69, 9.17) is 10.7 Å². The summed E-state index contributed by atoms with van der Waals surface area (Å²) in [4.78, 5) is 31.8. The van der Waals surface area contributed by atoms with E-state index in [9.17, 15) is 9.59 Å². The van der Waals surface area contributed by atoms with Crippen molar-refractivity contribution in [3.05, 3.63) is 59.0 Å². The first-order valence-corrected chi connectivity index (χ1v) is 10.3. The van der Waals surface area contributed by atoms with Crippen LogP contribution in [0.15, 0.2) is 36.4 Å². The maximum absolute atomic E-state index is 13.1. The smallest absolute Gasteiger partial charge is 0.274 e. The average Bonchev–Trinajstić information content (AvgIpc) is 3.23. The molecular formula is C23H27N5O2. The summed E-state index contributed by atoms with van der Waals surface area (Å²) < 4.78 is 0. The number of benzene rings is 1. The minimum Gasteiger partial charge on any atom is -0.366 e. The zero-order valence-electron chi connectivity index (χ0n) is 17.6. The van der Waals surface area contributed by atoms with Gasteiger partial charge in [-0.1, -0.05) is 39.0 Å². The lowest BCUT2D eigenvalue weighted by Crippen LogP contribution is -2.40. The Hall–Kier alpha value is -3.22. The highest BCUT2D eigenvalue weighted by molar-refractivity contribution is 5.98. The number of hydrogen-bond donors (Lipinski definition) is 2. The van der Waals surface area contributed by atoms with E-state index in [2.05, 4.69) is 31.0 Å². The highest BCUT2D eigenvalue weighted by Crippen LogP contribution is 2.31. The molecule has 1 unspecified atom stereocenters. The fourth-order valence-electron chi connectivity index (χ4n) is 4.00. The third-order valence-electron chi connectivity index (χ3n) is 5.72. The number of carbonyl (C=O) groups is 2. The molecule has 0 spiro atoms. The molecule has 30 heavy (non-hydrogen) atoms. The summed E-state index contributed by atoms with van der Waals surface area (Å²) >= 11 is 0. The van der Waals surface area contributed by atoms with E-state index in [0.717, 1.165) is 29.4 Å². The summed E-state index contributed by atoms with van der Waals surface area (Å²) in [6, 6.07) is 11.3. The molecule has 3 aromatic rings. The third kappa shape index (κ3) is 3.79. The number of para-hydroxylation sites is 1. The maximum atomic E-state index is 13.1. The summed E-state index contributed by atoms with van der Waals surface area (Å²) in [6.45, 7) is 7.36. The minimum atomic E-state index is -0.492. The summed E-state index contributed by atoms with van der Waals surface area (Å²) in [5.74, 6) is -0.641. The molecule has 4 rings (SSSR count). The Balaban J connectivity index is 1.63. The molecule has 156 valence electrons. The van der Waals surface area contributed by atoms with Gasteiger partial charge in [-0.15, -0.1) is 0 Å². The quantitative estimate of drug-likeness (QED) is 0.697. The zero-order chi connectivity index (χ0) is 21.5. The second-order valence-corrected chi connectivity index (χ2v) is 8.99. The topological polar surface area (TPSA) is 105 Å². The monoisotopic (exact) mass is 405 g/mol. The van der Waals surface area contributed by atoms with Gasteiger partial charge in [0, 0.05) is 35.5 Å². The number of H-pyrrole nitrogens is 1. The van der Waals surface area contributed by atoms with Gasteiger partial charge in [0.15, 0.2) is 0 Å². The van der Waals surface area contributed by atoms with Crippen LogP contribution >= 0.6 is 0 Å². The molecule has 1 saturated heterocycles. The molecule has 2 amide bonds. The van der Waals surface area contributed by atoms with Gasteiger partial charge in [0.2, 0.25) is 0 Å². The number of nitrogens with one attached hydrogen (secondary N) is 1. The Morgan fingerprint density at radius 1 is 1.20 bits per heavy atom. The Bertz CT molecular complexity index is 1110. The van der Waals surface area contributed by atoms with Crippen LogP contribution in [0.4, 0.5) is 0 Å². The second-order valence-electron chi connectivity index (χ2n) is 8.99. The van der Waals surface area contributed by atoms with E-state index in [1.165, 1.54) is 0 Å². The van der Waals surface area contributed by atoms with Gasteiger partial charge in [-0.3, -0.25) is 19.7 Å². The van der Waals surface area contributed by atoms with Crippen molar-refractivity contribution in [2.75, 3.05) is 13.1 Å². The number of fused-ring (bicyclic) bond motifs is 1. The van der Waals surface area contributed by atoms with E-state index in [1.54, 1.807) is 4.90 Å². The van der Waals surface area contributed by atoms with Gasteiger partial charge in [-0.25, -0.2) is 0 Å². The van der Waals surface area contributed by atoms with Gasteiger partial charge in [-0.2, -0.15) is 5.10 Å². The molecular weight excluding hydrogens is 378 g/mol. The Morgan fingerprint density at radius 3 is 2.67 bits per heavy atom. The predicted octanol–water partition coefficient (Wildman–Crippen LogP) is 3.37. The van der Waals surface area contributed by atoms with E-state index in [1.807, 2.05) is 36.4 Å². The third-order valence-corrected chi connectivity index (χ3v) is 5.72. The fourth-order valence-corrected chi connectivity index (χ4v) is 4.00. The van der Waals surface area contributed by atoms with Crippen molar-refractivity contribution in [3.63, 3.8) is 0 Å². The van der Waals surface area contributed by atoms with Gasteiger partial charge in [0.1, 0.15) is 5.69 Å². The minimum absolute atomic E-state index is 0.0455. The average molecular weight is 406 g/mol. The molecule has 0 saturated carbocycles. The SMILES string of the molecule is CC(C)(C)c1cc(C(=O)N2CCCC(c3nc4ccccc4cc3C(N)=O)C2)n[nH]1. The van der Waals surface area contributed by atoms with Gasteiger partial charge in [-0.05, 0) is 31.0 Å². The van der Waals surface area contributed by atoms with Gasteiger partial charge >= 0.3 is 0 Å². The van der Waals surface area contributed by atoms with Crippen molar-refractivity contribution in [3.8, 4) is 0 Å². The molecule has 3 N–H and O–H groups in total. The van der Waals surface area contributed by atoms with E-state index >= 15 is 0 Å². The van der Waals surface area contributed by atoms with Crippen molar-refractivity contribution in [2.45, 2.75) is 44.9 Å². The van der Waals surface area contributed by atoms with E-state index < -0.39 is 5.91 Å². The number of likely N-dealkylation sites (tertiary alicyclic amines) is 1. The van der Waals surface area contributed by atoms with Crippen LogP contribution in [0.3, 0.4) is 0 Å². The van der Waals surface area contributed by atoms with Crippen molar-refractivity contribution in [1.29, 1.82) is 0 Å². The normalized spacial score (nSPS) is 17.3. The molecule has 1 aromatic carbocycles. The molecule has 7 nitrogen and oxygen atoms in total. The highest BCUT2D eigenvalue weighted by atomic mass is 16.2. The molecule has 2 aromatic heterocycles. The lowest BCUT2D eigenvalue weighted by atomic mass is 9.90. The van der Waals surface area contributed by atoms with Crippen LogP contribution in [-0.4, -0.2) is 45.0 Å². The fraction of sp³-hybridized carbons (Fsp3) is 0.391. The number of amides is 2. The van der Waals surface area contributed by atoms with Gasteiger partial charge in [0.25, 0.3) is 11.8 Å². The van der Waals surface area contributed by atoms with Crippen LogP contribution in [-0.2, 0) is 5.41 Å². The summed E-state index contributed by atoms with van der Waals surface area (Å²) in [6.07, 6.45) is 1.68. The molecule has 1 fully saturated rings. The van der Waals surface area contributed by atoms with E-state index in [0.29, 0.717) is 30.0 Å². The number of hydrogen-bond acceptors (Lipinski definition) is 4. The van der Waals surface area contributed by atoms with Crippen LogP contribution < -0.4 is 5.73 Å². The van der Waals surface area contributed by atoms with Crippen LogP contribution in [0.25, 0.3) is 10.9 Å². The number of piperidine rings is 1. The molecule has 0 aliphatic carbocycles. The Labute approximate surface area is 175 Å². The number of nitrogens with zero attached hydrogens (tertiary/aromatic N) is 3. The van der Waals surface area contributed by atoms with Crippen LogP contribution in [0.1, 0.15) is 71.8 Å². The first-order valence-electron chi connectivity index (χ1n) is 10.3. The van der Waals surface area contributed by atoms with Gasteiger partial charge in [0.05, 0.1) is 16.8 Å². The van der Waals surface area contributed by atoms with E-state index in [-0.39, 0.29) is 17.2 Å². The largest absolute Gasteiger partial charge is 0.366 e. The van der Waals surface area contributed by atoms with Crippen molar-refractivity contribution < 1.29 is 9.59 Å². The number of rotatable bonds is 3. The van der Waals surface area contributed by atoms with Crippen molar-refractivity contribution in [1.82, 2.24) is 20.1 Å². The molecule has 0 bridgehead atoms. The van der Waals surface area contributed by atoms with Crippen LogP contribution in [0.5, 0.6) is 0 Å². The number of aromatic amines is 1. The van der Waals surface area contributed by atoms with Crippen LogP contribution in [0.2, 0.25) is 0 Å². The lowest BCUT2D eigenvalue weighted by Gasteiger charge is -2.32. The zero-order valence-corrected chi connectivity index (χ0v) is 17.6. The molecule has 1 atom stereocenters. The lowest BCUT2D eigenvalue weighted by molar-refractivity contribution is 0.0700. The number of pyridine rings is 1. The maximum Gasteiger partial charge on any atom is 0.274 e. The Kier molecular flexibility index (Phi) is 5.05. The highest BCUT2D eigenvalue weighted by Gasteiger charge is 2.30. The summed E-state index contributed by atoms with van der Waals surface area (Å²) in [5.41, 5.74) is 8.83. The molecule has 1 aliphatic heterocycles. The molecule has 0 radical (unpaired) electrons. The first-order chi connectivity index (χ1) is 14.2. The number of carbonyl (C=O) groups excluding carboxylic acids is 2. The van der Waals surface area contributed by atoms with Crippen molar-refractivity contribution in [2.24, 2.45) is 5.73 Å². The molecule has 3 heterocycles. The Morgan fingerprint density at radius 2 is 1.97 bits per heavy atom. The summed E-state index contributed by atoms with van der Waals surface area (Å²) in [5, 5.41) is 8.10. The molecule has 1 aliphatic rings. The predicted molar refractivity (Wildman–Crippen MR) is 115 cm³/mol. The summed E-state index contributed by atoms with van der Waals surface area (Å²) in [7, 11) is 0. The molecule has 7 heteroatoms. The van der Waals surface area contributed by atoms with Crippen molar-refractivity contribution >= 4 is 22.7 Å². The van der Waals surface area contributed by atoms with Crippen LogP contribution in [0, 0.1) is 0 Å². The second kappa shape index (κ2) is 7.55. The van der Waals surface area contributed by atoms with Gasteiger partial charge < -0.3 is 10.6 Å². The standard InChI is InChI=1S/C23H27N5O2/c1-23(2,3)19-12-18(26-27-19)22(30)28-10-6-8-15(13-28)20-16(21(24)29)11-14-7-4-5-9-17(14)25-20/h4-5,7,9,11-12,15H,6,8,10,13H2,1-3H3,(H2,24,29)(H,26,27). The number of nitrogens with two attached hydrogens (primary N) is 1.